The van der Waals surface area contributed by atoms with Gasteiger partial charge in [0.05, 0.1) is 0 Å². The fraction of sp³-hybridized carbons (Fsp3) is 1.00. The van der Waals surface area contributed by atoms with E-state index >= 15 is 0 Å². The Balaban J connectivity index is 4.96. The predicted octanol–water partition coefficient (Wildman–Crippen LogP) is 1.09. The lowest BCUT2D eigenvalue weighted by molar-refractivity contribution is -0.225. The van der Waals surface area contributed by atoms with Crippen LogP contribution in [-0.4, -0.2) is 26.0 Å². The second-order valence-corrected chi connectivity index (χ2v) is 2.86. The molecule has 74 valence electrons. The average Bonchev–Trinajstić information content (AvgIpc) is 1.49. The van der Waals surface area contributed by atoms with Crippen molar-refractivity contribution in [3.8, 4) is 0 Å². The van der Waals surface area contributed by atoms with Gasteiger partial charge in [-0.2, -0.15) is 26.3 Å². The van der Waals surface area contributed by atoms with Gasteiger partial charge in [-0.3, -0.25) is 0 Å². The summed E-state index contributed by atoms with van der Waals surface area (Å²) in [4.78, 5) is 0. The first-order valence-electron chi connectivity index (χ1n) is 2.33. The summed E-state index contributed by atoms with van der Waals surface area (Å²) < 4.78 is 87.4. The zero-order valence-corrected chi connectivity index (χ0v) is 6.00. The number of thiol groups is 1. The number of hydrogen-bond donors (Lipinski definition) is 1. The van der Waals surface area contributed by atoms with Crippen molar-refractivity contribution in [2.75, 3.05) is 0 Å². The zero-order chi connectivity index (χ0) is 10.2. The molecule has 0 atom stereocenters. The molecule has 0 aromatic heterocycles. The van der Waals surface area contributed by atoms with E-state index in [4.69, 9.17) is 0 Å². The topological polar surface area (TPSA) is 34.1 Å². The Kier molecular flexibility index (Phi) is 2.99. The molecule has 2 nitrogen and oxygen atoms in total. The van der Waals surface area contributed by atoms with Gasteiger partial charge in [-0.15, -0.1) is 0 Å². The van der Waals surface area contributed by atoms with Gasteiger partial charge < -0.3 is 0 Å². The summed E-state index contributed by atoms with van der Waals surface area (Å²) in [5, 5.41) is -4.26. The lowest BCUT2D eigenvalue weighted by Crippen LogP contribution is -2.43. The maximum atomic E-state index is 11.4. The Morgan fingerprint density at radius 2 is 1.08 bits per heavy atom. The highest BCUT2D eigenvalue weighted by molar-refractivity contribution is 7.73. The Hall–Kier alpha value is -0.470. The third-order valence-corrected chi connectivity index (χ3v) is 1.84. The Morgan fingerprint density at radius 1 is 0.833 bits per heavy atom. The van der Waals surface area contributed by atoms with Crippen LogP contribution in [0.3, 0.4) is 0 Å². The van der Waals surface area contributed by atoms with Crippen LogP contribution in [-0.2, 0) is 10.7 Å². The molecule has 9 heteroatoms. The third kappa shape index (κ3) is 2.88. The molecule has 0 aliphatic carbocycles. The molecule has 12 heavy (non-hydrogen) atoms. The molecule has 0 aromatic rings. The van der Waals surface area contributed by atoms with E-state index in [2.05, 4.69) is 0 Å². The van der Waals surface area contributed by atoms with Crippen molar-refractivity contribution in [1.29, 1.82) is 0 Å². The minimum absolute atomic E-state index is 4.26. The summed E-state index contributed by atoms with van der Waals surface area (Å²) >= 11 is 0. The first kappa shape index (κ1) is 11.5. The largest absolute Gasteiger partial charge is 0.414 e. The molecule has 0 aromatic carbocycles. The first-order chi connectivity index (χ1) is 5.07. The molecule has 0 amide bonds. The van der Waals surface area contributed by atoms with E-state index in [0.717, 1.165) is 0 Å². The summed E-state index contributed by atoms with van der Waals surface area (Å²) in [5.41, 5.74) is 0. The van der Waals surface area contributed by atoms with E-state index in [1.54, 1.807) is 0 Å². The number of halogens is 6. The van der Waals surface area contributed by atoms with Crippen LogP contribution in [0.4, 0.5) is 26.3 Å². The lowest BCUT2D eigenvalue weighted by atomic mass is 10.4. The van der Waals surface area contributed by atoms with Crippen LogP contribution in [0, 0.1) is 0 Å². The first-order valence-corrected chi connectivity index (χ1v) is 3.58. The fourth-order valence-corrected chi connectivity index (χ4v) is 0.903. The summed E-state index contributed by atoms with van der Waals surface area (Å²) in [6.07, 6.45) is -11.6. The molecule has 0 saturated carbocycles. The van der Waals surface area contributed by atoms with E-state index in [1.807, 2.05) is 0 Å². The van der Waals surface area contributed by atoms with Gasteiger partial charge in [-0.25, -0.2) is 8.42 Å². The van der Waals surface area contributed by atoms with Crippen LogP contribution in [0.5, 0.6) is 0 Å². The summed E-state index contributed by atoms with van der Waals surface area (Å²) in [6.45, 7) is 0. The molecule has 0 rings (SSSR count). The second kappa shape index (κ2) is 3.11. The SMILES string of the molecule is O=[SH](=O)C(C(F)(F)F)C(F)(F)F. The zero-order valence-electron chi connectivity index (χ0n) is 5.11. The summed E-state index contributed by atoms with van der Waals surface area (Å²) in [7, 11) is -4.59. The van der Waals surface area contributed by atoms with Gasteiger partial charge in [-0.1, -0.05) is 0 Å². The van der Waals surface area contributed by atoms with Gasteiger partial charge in [0.2, 0.25) is 5.25 Å². The number of alkyl halides is 6. The molecular weight excluding hydrogens is 214 g/mol. The standard InChI is InChI=1S/C3H2F6O2S/c4-2(5,6)1(12(10)11)3(7,8)9/h1,12H. The highest BCUT2D eigenvalue weighted by atomic mass is 32.2. The fourth-order valence-electron chi connectivity index (χ4n) is 0.425. The van der Waals surface area contributed by atoms with Gasteiger partial charge in [0.25, 0.3) is 0 Å². The second-order valence-electron chi connectivity index (χ2n) is 1.77. The van der Waals surface area contributed by atoms with E-state index in [0.29, 0.717) is 0 Å². The van der Waals surface area contributed by atoms with E-state index in [1.165, 1.54) is 0 Å². The quantitative estimate of drug-likeness (QED) is 0.526. The molecule has 0 aliphatic rings. The molecule has 0 spiro atoms. The van der Waals surface area contributed by atoms with Crippen LogP contribution in [0.1, 0.15) is 0 Å². The molecule has 0 fully saturated rings. The smallest absolute Gasteiger partial charge is 0.231 e. The van der Waals surface area contributed by atoms with Crippen molar-refractivity contribution in [3.63, 3.8) is 0 Å². The molecule has 0 bridgehead atoms. The van der Waals surface area contributed by atoms with Crippen LogP contribution in [0.15, 0.2) is 0 Å². The monoisotopic (exact) mass is 216 g/mol. The molecule has 0 aliphatic heterocycles. The van der Waals surface area contributed by atoms with Crippen molar-refractivity contribution >= 4 is 10.7 Å². The normalized spacial score (nSPS) is 14.3. The summed E-state index contributed by atoms with van der Waals surface area (Å²) in [5.74, 6) is 0. The average molecular weight is 216 g/mol. The molecule has 0 unspecified atom stereocenters. The third-order valence-electron chi connectivity index (χ3n) is 0.831. The van der Waals surface area contributed by atoms with Crippen LogP contribution < -0.4 is 0 Å². The maximum Gasteiger partial charge on any atom is 0.414 e. The van der Waals surface area contributed by atoms with Crippen molar-refractivity contribution in [3.05, 3.63) is 0 Å². The Labute approximate surface area is 64.1 Å². The van der Waals surface area contributed by atoms with E-state index in [9.17, 15) is 34.8 Å². The lowest BCUT2D eigenvalue weighted by Gasteiger charge is -2.16. The Morgan fingerprint density at radius 3 is 1.08 bits per heavy atom. The van der Waals surface area contributed by atoms with Gasteiger partial charge in [0, 0.05) is 0 Å². The molecular formula is C3H2F6O2S. The van der Waals surface area contributed by atoms with Crippen LogP contribution in [0.2, 0.25) is 0 Å². The summed E-state index contributed by atoms with van der Waals surface area (Å²) in [6, 6.07) is 0. The predicted molar refractivity (Wildman–Crippen MR) is 26.2 cm³/mol. The van der Waals surface area contributed by atoms with E-state index < -0.39 is 28.3 Å². The molecule has 0 heterocycles. The molecule has 0 saturated heterocycles. The van der Waals surface area contributed by atoms with Crippen molar-refractivity contribution in [2.24, 2.45) is 0 Å². The minimum Gasteiger partial charge on any atom is -0.231 e. The molecule has 0 radical (unpaired) electrons. The van der Waals surface area contributed by atoms with Gasteiger partial charge in [-0.05, 0) is 0 Å². The van der Waals surface area contributed by atoms with Crippen molar-refractivity contribution in [1.82, 2.24) is 0 Å². The van der Waals surface area contributed by atoms with E-state index in [-0.39, 0.29) is 0 Å². The van der Waals surface area contributed by atoms with Crippen molar-refractivity contribution in [2.45, 2.75) is 17.6 Å². The van der Waals surface area contributed by atoms with Crippen LogP contribution >= 0.6 is 0 Å². The van der Waals surface area contributed by atoms with Gasteiger partial charge in [0.1, 0.15) is 0 Å². The van der Waals surface area contributed by atoms with Crippen LogP contribution in [0.25, 0.3) is 0 Å². The molecule has 0 N–H and O–H groups in total. The van der Waals surface area contributed by atoms with Crippen molar-refractivity contribution < 1.29 is 34.8 Å². The highest BCUT2D eigenvalue weighted by Gasteiger charge is 2.59. The maximum absolute atomic E-state index is 11.4. The Bertz CT molecular complexity index is 202. The minimum atomic E-state index is -5.80. The van der Waals surface area contributed by atoms with Gasteiger partial charge in [0.15, 0.2) is 10.7 Å². The van der Waals surface area contributed by atoms with Gasteiger partial charge >= 0.3 is 12.4 Å². The highest BCUT2D eigenvalue weighted by Crippen LogP contribution is 2.35. The number of rotatable bonds is 1. The number of hydrogen-bond acceptors (Lipinski definition) is 2.